The summed E-state index contributed by atoms with van der Waals surface area (Å²) >= 11 is 0. The Morgan fingerprint density at radius 1 is 1.33 bits per heavy atom. The number of hydrogen-bond acceptors (Lipinski definition) is 5. The second-order valence-electron chi connectivity index (χ2n) is 5.04. The number of benzene rings is 1. The molecule has 0 aliphatic heterocycles. The predicted octanol–water partition coefficient (Wildman–Crippen LogP) is 2.03. The maximum atomic E-state index is 12.5. The number of ether oxygens (including phenoxy) is 1. The number of aromatic nitrogens is 2. The van der Waals surface area contributed by atoms with Gasteiger partial charge in [0.25, 0.3) is 0 Å². The van der Waals surface area contributed by atoms with Gasteiger partial charge in [-0.3, -0.25) is 4.68 Å². The van der Waals surface area contributed by atoms with Crippen LogP contribution >= 0.6 is 0 Å². The van der Waals surface area contributed by atoms with Crippen molar-refractivity contribution in [2.24, 2.45) is 0 Å². The molecule has 0 saturated carbocycles. The lowest BCUT2D eigenvalue weighted by molar-refractivity contribution is 0.413. The van der Waals surface area contributed by atoms with Crippen LogP contribution in [-0.4, -0.2) is 25.3 Å². The Kier molecular flexibility index (Phi) is 4.22. The number of hydrogen-bond donors (Lipinski definition) is 1. The van der Waals surface area contributed by atoms with E-state index in [4.69, 9.17) is 10.5 Å². The molecule has 2 rings (SSSR count). The van der Waals surface area contributed by atoms with Crippen molar-refractivity contribution in [1.82, 2.24) is 9.78 Å². The van der Waals surface area contributed by atoms with Gasteiger partial charge in [0.05, 0.1) is 29.1 Å². The van der Waals surface area contributed by atoms with Crippen molar-refractivity contribution < 1.29 is 13.2 Å². The first-order chi connectivity index (χ1) is 9.83. The van der Waals surface area contributed by atoms with Gasteiger partial charge in [0.1, 0.15) is 5.75 Å². The van der Waals surface area contributed by atoms with E-state index in [1.54, 1.807) is 23.0 Å². The van der Waals surface area contributed by atoms with Crippen LogP contribution in [0, 0.1) is 0 Å². The van der Waals surface area contributed by atoms with Gasteiger partial charge in [-0.1, -0.05) is 0 Å². The Hall–Kier alpha value is -2.02. The predicted molar refractivity (Wildman–Crippen MR) is 80.9 cm³/mol. The SMILES string of the molecule is COc1ccc(N)c(S(=O)(=O)Cc2ccn(C(C)C)n2)c1. The van der Waals surface area contributed by atoms with E-state index in [9.17, 15) is 8.42 Å². The van der Waals surface area contributed by atoms with Crippen LogP contribution in [0.4, 0.5) is 5.69 Å². The third-order valence-electron chi connectivity index (χ3n) is 3.09. The summed E-state index contributed by atoms with van der Waals surface area (Å²) in [6, 6.07) is 6.47. The first-order valence-corrected chi connectivity index (χ1v) is 8.19. The standard InChI is InChI=1S/C14H19N3O3S/c1-10(2)17-7-6-11(16-17)9-21(18,19)14-8-12(20-3)4-5-13(14)15/h4-8,10H,9,15H2,1-3H3. The summed E-state index contributed by atoms with van der Waals surface area (Å²) in [6.07, 6.45) is 1.77. The van der Waals surface area contributed by atoms with Crippen molar-refractivity contribution in [3.05, 3.63) is 36.2 Å². The van der Waals surface area contributed by atoms with Crippen molar-refractivity contribution in [2.75, 3.05) is 12.8 Å². The highest BCUT2D eigenvalue weighted by Crippen LogP contribution is 2.26. The smallest absolute Gasteiger partial charge is 0.186 e. The Balaban J connectivity index is 2.33. The van der Waals surface area contributed by atoms with Gasteiger partial charge in [-0.15, -0.1) is 0 Å². The molecule has 2 aromatic rings. The lowest BCUT2D eigenvalue weighted by Crippen LogP contribution is -2.09. The van der Waals surface area contributed by atoms with E-state index < -0.39 is 9.84 Å². The summed E-state index contributed by atoms with van der Waals surface area (Å²) in [4.78, 5) is 0.0703. The van der Waals surface area contributed by atoms with Crippen LogP contribution in [0.15, 0.2) is 35.4 Å². The molecule has 0 radical (unpaired) electrons. The summed E-state index contributed by atoms with van der Waals surface area (Å²) in [6.45, 7) is 3.96. The topological polar surface area (TPSA) is 87.2 Å². The number of sulfone groups is 1. The molecule has 7 heteroatoms. The van der Waals surface area contributed by atoms with Gasteiger partial charge in [0, 0.05) is 18.3 Å². The minimum atomic E-state index is -3.57. The van der Waals surface area contributed by atoms with Crippen molar-refractivity contribution >= 4 is 15.5 Å². The van der Waals surface area contributed by atoms with E-state index in [1.807, 2.05) is 13.8 Å². The maximum absolute atomic E-state index is 12.5. The fraction of sp³-hybridized carbons (Fsp3) is 0.357. The number of rotatable bonds is 5. The third kappa shape index (κ3) is 3.36. The fourth-order valence-electron chi connectivity index (χ4n) is 1.93. The molecule has 21 heavy (non-hydrogen) atoms. The lowest BCUT2D eigenvalue weighted by atomic mass is 10.3. The van der Waals surface area contributed by atoms with Crippen molar-refractivity contribution in [1.29, 1.82) is 0 Å². The number of methoxy groups -OCH3 is 1. The average Bonchev–Trinajstić information content (AvgIpc) is 2.87. The van der Waals surface area contributed by atoms with Crippen molar-refractivity contribution in [2.45, 2.75) is 30.5 Å². The van der Waals surface area contributed by atoms with Crippen LogP contribution in [0.25, 0.3) is 0 Å². The molecule has 1 heterocycles. The van der Waals surface area contributed by atoms with Crippen LogP contribution in [0.3, 0.4) is 0 Å². The lowest BCUT2D eigenvalue weighted by Gasteiger charge is -2.09. The van der Waals surface area contributed by atoms with Crippen LogP contribution < -0.4 is 10.5 Å². The number of anilines is 1. The second kappa shape index (κ2) is 5.77. The Morgan fingerprint density at radius 2 is 2.05 bits per heavy atom. The highest BCUT2D eigenvalue weighted by atomic mass is 32.2. The molecule has 1 aromatic carbocycles. The normalized spacial score (nSPS) is 11.8. The first kappa shape index (κ1) is 15.4. The zero-order chi connectivity index (χ0) is 15.6. The zero-order valence-corrected chi connectivity index (χ0v) is 13.1. The van der Waals surface area contributed by atoms with E-state index in [2.05, 4.69) is 5.10 Å². The average molecular weight is 309 g/mol. The Bertz CT molecular complexity index is 736. The molecule has 114 valence electrons. The Labute approximate surface area is 124 Å². The van der Waals surface area contributed by atoms with E-state index in [0.29, 0.717) is 11.4 Å². The number of nitrogen functional groups attached to an aromatic ring is 1. The zero-order valence-electron chi connectivity index (χ0n) is 12.3. The monoisotopic (exact) mass is 309 g/mol. The molecule has 2 N–H and O–H groups in total. The molecule has 0 amide bonds. The highest BCUT2D eigenvalue weighted by molar-refractivity contribution is 7.90. The summed E-state index contributed by atoms with van der Waals surface area (Å²) < 4.78 is 31.7. The summed E-state index contributed by atoms with van der Waals surface area (Å²) in [5.41, 5.74) is 6.48. The third-order valence-corrected chi connectivity index (χ3v) is 4.79. The molecule has 0 atom stereocenters. The second-order valence-corrected chi connectivity index (χ2v) is 7.00. The van der Waals surface area contributed by atoms with Crippen LogP contribution in [-0.2, 0) is 15.6 Å². The number of nitrogens with two attached hydrogens (primary N) is 1. The maximum Gasteiger partial charge on any atom is 0.186 e. The molecular formula is C14H19N3O3S. The molecule has 0 saturated heterocycles. The molecule has 6 nitrogen and oxygen atoms in total. The molecule has 0 bridgehead atoms. The van der Waals surface area contributed by atoms with E-state index in [0.717, 1.165) is 0 Å². The van der Waals surface area contributed by atoms with Crippen LogP contribution in [0.2, 0.25) is 0 Å². The van der Waals surface area contributed by atoms with Gasteiger partial charge in [-0.25, -0.2) is 8.42 Å². The molecule has 1 aromatic heterocycles. The minimum absolute atomic E-state index is 0.0703. The molecule has 0 aliphatic carbocycles. The van der Waals surface area contributed by atoms with Crippen LogP contribution in [0.1, 0.15) is 25.6 Å². The molecule has 0 spiro atoms. The van der Waals surface area contributed by atoms with Gasteiger partial charge < -0.3 is 10.5 Å². The quantitative estimate of drug-likeness (QED) is 0.854. The van der Waals surface area contributed by atoms with Crippen molar-refractivity contribution in [3.8, 4) is 5.75 Å². The summed E-state index contributed by atoms with van der Waals surface area (Å²) in [5, 5.41) is 4.26. The first-order valence-electron chi connectivity index (χ1n) is 6.54. The molecule has 0 unspecified atom stereocenters. The van der Waals surface area contributed by atoms with Gasteiger partial charge in [-0.2, -0.15) is 5.10 Å². The van der Waals surface area contributed by atoms with E-state index in [-0.39, 0.29) is 22.4 Å². The van der Waals surface area contributed by atoms with E-state index >= 15 is 0 Å². The largest absolute Gasteiger partial charge is 0.497 e. The van der Waals surface area contributed by atoms with Crippen molar-refractivity contribution in [3.63, 3.8) is 0 Å². The fourth-order valence-corrected chi connectivity index (χ4v) is 3.35. The van der Waals surface area contributed by atoms with Gasteiger partial charge in [0.15, 0.2) is 9.84 Å². The Morgan fingerprint density at radius 3 is 2.62 bits per heavy atom. The minimum Gasteiger partial charge on any atom is -0.497 e. The molecule has 0 fully saturated rings. The van der Waals surface area contributed by atoms with Gasteiger partial charge in [0.2, 0.25) is 0 Å². The van der Waals surface area contributed by atoms with Crippen LogP contribution in [0.5, 0.6) is 5.75 Å². The summed E-state index contributed by atoms with van der Waals surface area (Å²) in [7, 11) is -2.09. The van der Waals surface area contributed by atoms with Gasteiger partial charge in [-0.05, 0) is 32.0 Å². The molecular weight excluding hydrogens is 290 g/mol. The van der Waals surface area contributed by atoms with Gasteiger partial charge >= 0.3 is 0 Å². The highest BCUT2D eigenvalue weighted by Gasteiger charge is 2.21. The number of nitrogens with zero attached hydrogens (tertiary/aromatic N) is 2. The summed E-state index contributed by atoms with van der Waals surface area (Å²) in [5.74, 6) is 0.264. The molecule has 0 aliphatic rings. The van der Waals surface area contributed by atoms with E-state index in [1.165, 1.54) is 19.2 Å².